The second-order valence-corrected chi connectivity index (χ2v) is 5.35. The van der Waals surface area contributed by atoms with Gasteiger partial charge in [0.25, 0.3) is 5.69 Å². The van der Waals surface area contributed by atoms with Crippen molar-refractivity contribution in [3.05, 3.63) is 34.4 Å². The van der Waals surface area contributed by atoms with Crippen molar-refractivity contribution >= 4 is 5.69 Å². The number of hydrogen-bond donors (Lipinski definition) is 1. The predicted molar refractivity (Wildman–Crippen MR) is 81.7 cm³/mol. The summed E-state index contributed by atoms with van der Waals surface area (Å²) in [5.74, 6) is 1.41. The van der Waals surface area contributed by atoms with Gasteiger partial charge in [-0.05, 0) is 44.1 Å². The first kappa shape index (κ1) is 15.7. The highest BCUT2D eigenvalue weighted by molar-refractivity contribution is 5.35. The van der Waals surface area contributed by atoms with Gasteiger partial charge in [-0.2, -0.15) is 0 Å². The number of benzene rings is 1. The minimum Gasteiger partial charge on any atom is -0.492 e. The molecule has 116 valence electrons. The molecule has 0 aromatic heterocycles. The Hall–Kier alpha value is -1.66. The molecule has 1 fully saturated rings. The molecule has 0 aliphatic carbocycles. The molecule has 1 heterocycles. The monoisotopic (exact) mass is 293 g/mol. The van der Waals surface area contributed by atoms with E-state index in [1.807, 2.05) is 0 Å². The van der Waals surface area contributed by atoms with Crippen LogP contribution in [-0.2, 0) is 0 Å². The standard InChI is InChI=1S/C15H23N3O3/c1-2-17-9-7-13(12-17)11-16-8-10-21-15-5-3-14(4-6-15)18(19)20/h3-6,13,16H,2,7-12H2,1H3. The summed E-state index contributed by atoms with van der Waals surface area (Å²) in [6, 6.07) is 6.18. The van der Waals surface area contributed by atoms with E-state index >= 15 is 0 Å². The summed E-state index contributed by atoms with van der Waals surface area (Å²) in [7, 11) is 0. The van der Waals surface area contributed by atoms with Gasteiger partial charge >= 0.3 is 0 Å². The highest BCUT2D eigenvalue weighted by Gasteiger charge is 2.20. The third-order valence-corrected chi connectivity index (χ3v) is 3.85. The van der Waals surface area contributed by atoms with Crippen LogP contribution in [0.15, 0.2) is 24.3 Å². The van der Waals surface area contributed by atoms with Crippen LogP contribution in [0.5, 0.6) is 5.75 Å². The van der Waals surface area contributed by atoms with Crippen molar-refractivity contribution in [2.24, 2.45) is 5.92 Å². The third kappa shape index (κ3) is 4.99. The first-order valence-electron chi connectivity index (χ1n) is 7.49. The molecule has 6 nitrogen and oxygen atoms in total. The number of nitrogens with zero attached hydrogens (tertiary/aromatic N) is 2. The number of likely N-dealkylation sites (tertiary alicyclic amines) is 1. The lowest BCUT2D eigenvalue weighted by atomic mass is 10.1. The van der Waals surface area contributed by atoms with Crippen LogP contribution in [0.25, 0.3) is 0 Å². The van der Waals surface area contributed by atoms with Crippen LogP contribution in [0.2, 0.25) is 0 Å². The molecule has 0 saturated carbocycles. The Labute approximate surface area is 125 Å². The second-order valence-electron chi connectivity index (χ2n) is 5.35. The van der Waals surface area contributed by atoms with Crippen molar-refractivity contribution in [3.8, 4) is 5.75 Å². The molecule has 0 bridgehead atoms. The SMILES string of the molecule is CCN1CCC(CNCCOc2ccc([N+](=O)[O-])cc2)C1. The van der Waals surface area contributed by atoms with Gasteiger partial charge in [0.2, 0.25) is 0 Å². The van der Waals surface area contributed by atoms with Gasteiger partial charge < -0.3 is 15.0 Å². The number of non-ortho nitro benzene ring substituents is 1. The number of hydrogen-bond acceptors (Lipinski definition) is 5. The summed E-state index contributed by atoms with van der Waals surface area (Å²) < 4.78 is 5.55. The Morgan fingerprint density at radius 1 is 1.43 bits per heavy atom. The number of nitro benzene ring substituents is 1. The lowest BCUT2D eigenvalue weighted by Crippen LogP contribution is -2.29. The van der Waals surface area contributed by atoms with E-state index in [0.717, 1.165) is 25.6 Å². The topological polar surface area (TPSA) is 67.6 Å². The number of nitrogens with one attached hydrogen (secondary N) is 1. The summed E-state index contributed by atoms with van der Waals surface area (Å²) >= 11 is 0. The maximum Gasteiger partial charge on any atom is 0.269 e. The molecule has 0 radical (unpaired) electrons. The number of nitro groups is 1. The fraction of sp³-hybridized carbons (Fsp3) is 0.600. The smallest absolute Gasteiger partial charge is 0.269 e. The van der Waals surface area contributed by atoms with E-state index in [2.05, 4.69) is 17.1 Å². The minimum atomic E-state index is -0.410. The quantitative estimate of drug-likeness (QED) is 0.450. The average Bonchev–Trinajstić information content (AvgIpc) is 2.95. The normalized spacial score (nSPS) is 18.8. The van der Waals surface area contributed by atoms with E-state index in [0.29, 0.717) is 12.4 Å². The largest absolute Gasteiger partial charge is 0.492 e. The molecule has 1 atom stereocenters. The van der Waals surface area contributed by atoms with E-state index in [4.69, 9.17) is 4.74 Å². The second kappa shape index (κ2) is 7.95. The zero-order chi connectivity index (χ0) is 15.1. The number of rotatable bonds is 8. The van der Waals surface area contributed by atoms with Gasteiger partial charge in [0.05, 0.1) is 4.92 Å². The van der Waals surface area contributed by atoms with Gasteiger partial charge in [0, 0.05) is 25.2 Å². The molecular weight excluding hydrogens is 270 g/mol. The molecule has 6 heteroatoms. The van der Waals surface area contributed by atoms with Crippen LogP contribution in [0.4, 0.5) is 5.69 Å². The van der Waals surface area contributed by atoms with Gasteiger partial charge in [-0.15, -0.1) is 0 Å². The van der Waals surface area contributed by atoms with Crippen LogP contribution < -0.4 is 10.1 Å². The lowest BCUT2D eigenvalue weighted by Gasteiger charge is -2.14. The Balaban J connectivity index is 1.58. The molecule has 1 aromatic rings. The number of ether oxygens (including phenoxy) is 1. The zero-order valence-corrected chi connectivity index (χ0v) is 12.5. The van der Waals surface area contributed by atoms with E-state index in [9.17, 15) is 10.1 Å². The highest BCUT2D eigenvalue weighted by Crippen LogP contribution is 2.17. The maximum atomic E-state index is 10.5. The summed E-state index contributed by atoms with van der Waals surface area (Å²) in [6.07, 6.45) is 1.27. The average molecular weight is 293 g/mol. The molecule has 1 aromatic carbocycles. The molecule has 21 heavy (non-hydrogen) atoms. The molecule has 2 rings (SSSR count). The van der Waals surface area contributed by atoms with Crippen LogP contribution in [0.3, 0.4) is 0 Å². The van der Waals surface area contributed by atoms with E-state index in [1.165, 1.54) is 31.6 Å². The summed E-state index contributed by atoms with van der Waals surface area (Å²) in [6.45, 7) is 8.13. The fourth-order valence-electron chi connectivity index (χ4n) is 2.58. The van der Waals surface area contributed by atoms with Crippen molar-refractivity contribution in [3.63, 3.8) is 0 Å². The minimum absolute atomic E-state index is 0.0854. The van der Waals surface area contributed by atoms with Gasteiger partial charge in [0.1, 0.15) is 12.4 Å². The van der Waals surface area contributed by atoms with Crippen molar-refractivity contribution in [2.45, 2.75) is 13.3 Å². The van der Waals surface area contributed by atoms with Crippen molar-refractivity contribution in [1.82, 2.24) is 10.2 Å². The van der Waals surface area contributed by atoms with Crippen molar-refractivity contribution in [1.29, 1.82) is 0 Å². The predicted octanol–water partition coefficient (Wildman–Crippen LogP) is 1.90. The Morgan fingerprint density at radius 2 is 2.19 bits per heavy atom. The van der Waals surface area contributed by atoms with Gasteiger partial charge in [-0.25, -0.2) is 0 Å². The third-order valence-electron chi connectivity index (χ3n) is 3.85. The van der Waals surface area contributed by atoms with Gasteiger partial charge in [-0.1, -0.05) is 6.92 Å². The van der Waals surface area contributed by atoms with E-state index in [-0.39, 0.29) is 5.69 Å². The summed E-state index contributed by atoms with van der Waals surface area (Å²) in [5, 5.41) is 13.9. The highest BCUT2D eigenvalue weighted by atomic mass is 16.6. The molecule has 1 aliphatic heterocycles. The van der Waals surface area contributed by atoms with Crippen LogP contribution in [0.1, 0.15) is 13.3 Å². The van der Waals surface area contributed by atoms with E-state index in [1.54, 1.807) is 12.1 Å². The molecule has 0 amide bonds. The molecule has 1 N–H and O–H groups in total. The first-order chi connectivity index (χ1) is 10.2. The van der Waals surface area contributed by atoms with Crippen LogP contribution >= 0.6 is 0 Å². The molecule has 0 spiro atoms. The van der Waals surface area contributed by atoms with Gasteiger partial charge in [-0.3, -0.25) is 10.1 Å². The molecular formula is C15H23N3O3. The molecule has 1 aliphatic rings. The first-order valence-corrected chi connectivity index (χ1v) is 7.49. The lowest BCUT2D eigenvalue weighted by molar-refractivity contribution is -0.384. The molecule has 1 unspecified atom stereocenters. The van der Waals surface area contributed by atoms with Crippen molar-refractivity contribution < 1.29 is 9.66 Å². The van der Waals surface area contributed by atoms with E-state index < -0.39 is 4.92 Å². The Kier molecular flexibility index (Phi) is 5.95. The summed E-state index contributed by atoms with van der Waals surface area (Å²) in [5.41, 5.74) is 0.0854. The van der Waals surface area contributed by atoms with Crippen molar-refractivity contribution in [2.75, 3.05) is 39.3 Å². The fourth-order valence-corrected chi connectivity index (χ4v) is 2.58. The molecule has 1 saturated heterocycles. The Morgan fingerprint density at radius 3 is 2.81 bits per heavy atom. The Bertz CT molecular complexity index is 450. The maximum absolute atomic E-state index is 10.5. The summed E-state index contributed by atoms with van der Waals surface area (Å²) in [4.78, 5) is 12.6. The van der Waals surface area contributed by atoms with Crippen LogP contribution in [0, 0.1) is 16.0 Å². The van der Waals surface area contributed by atoms with Gasteiger partial charge in [0.15, 0.2) is 0 Å². The zero-order valence-electron chi connectivity index (χ0n) is 12.5. The van der Waals surface area contributed by atoms with Crippen LogP contribution in [-0.4, -0.2) is 49.2 Å².